The van der Waals surface area contributed by atoms with Crippen LogP contribution in [-0.2, 0) is 9.47 Å². The summed E-state index contributed by atoms with van der Waals surface area (Å²) in [4.78, 5) is 24.7. The lowest BCUT2D eigenvalue weighted by atomic mass is 10.0. The molecule has 7 nitrogen and oxygen atoms in total. The van der Waals surface area contributed by atoms with E-state index in [1.165, 1.54) is 0 Å². The predicted octanol–water partition coefficient (Wildman–Crippen LogP) is 2.04. The zero-order valence-corrected chi connectivity index (χ0v) is 14.9. The summed E-state index contributed by atoms with van der Waals surface area (Å²) in [5.74, 6) is 1.29. The molecule has 0 bridgehead atoms. The first kappa shape index (κ1) is 17.0. The highest BCUT2D eigenvalue weighted by molar-refractivity contribution is 5.69. The molecule has 0 radical (unpaired) electrons. The molecule has 0 N–H and O–H groups in total. The van der Waals surface area contributed by atoms with E-state index in [4.69, 9.17) is 9.47 Å². The van der Waals surface area contributed by atoms with Gasteiger partial charge in [0.1, 0.15) is 17.7 Å². The summed E-state index contributed by atoms with van der Waals surface area (Å²) in [5.41, 5.74) is 0.570. The zero-order chi connectivity index (χ0) is 17.3. The number of rotatable bonds is 3. The average Bonchev–Trinajstić information content (AvgIpc) is 2.98. The van der Waals surface area contributed by atoms with Crippen molar-refractivity contribution in [2.24, 2.45) is 0 Å². The Kier molecular flexibility index (Phi) is 4.62. The van der Waals surface area contributed by atoms with E-state index in [0.717, 1.165) is 44.2 Å². The molecular formula is C17H26N4O3. The van der Waals surface area contributed by atoms with Crippen LogP contribution in [0, 0.1) is 0 Å². The van der Waals surface area contributed by atoms with Gasteiger partial charge in [0.25, 0.3) is 0 Å². The van der Waals surface area contributed by atoms with E-state index in [9.17, 15) is 4.79 Å². The molecule has 0 aromatic carbocycles. The summed E-state index contributed by atoms with van der Waals surface area (Å²) in [6.07, 6.45) is 2.35. The highest BCUT2D eigenvalue weighted by atomic mass is 16.6. The molecular weight excluding hydrogens is 308 g/mol. The monoisotopic (exact) mass is 334 g/mol. The molecule has 1 amide bonds. The van der Waals surface area contributed by atoms with E-state index in [1.54, 1.807) is 18.3 Å². The Labute approximate surface area is 143 Å². The van der Waals surface area contributed by atoms with Crippen LogP contribution in [0.1, 0.15) is 38.8 Å². The lowest BCUT2D eigenvalue weighted by Crippen LogP contribution is -2.60. The van der Waals surface area contributed by atoms with Gasteiger partial charge in [-0.3, -0.25) is 0 Å². The molecule has 3 heterocycles. The lowest BCUT2D eigenvalue weighted by Gasteiger charge is -2.44. The minimum absolute atomic E-state index is 0.146. The van der Waals surface area contributed by atoms with E-state index in [-0.39, 0.29) is 12.1 Å². The summed E-state index contributed by atoms with van der Waals surface area (Å²) in [6, 6.07) is 2.19. The second-order valence-corrected chi connectivity index (χ2v) is 7.51. The van der Waals surface area contributed by atoms with Crippen LogP contribution >= 0.6 is 0 Å². The van der Waals surface area contributed by atoms with Crippen LogP contribution in [0.4, 0.5) is 10.6 Å². The van der Waals surface area contributed by atoms with Crippen molar-refractivity contribution in [2.75, 3.05) is 38.3 Å². The minimum Gasteiger partial charge on any atom is -0.444 e. The standard InChI is InChI=1S/C17H26N4O3/c1-17(2,3)24-16(22)20(4)13-8-21(9-13)15-7-14(18-11-19-15)12-5-6-23-10-12/h7,11-13H,5-6,8-10H2,1-4H3. The number of likely N-dealkylation sites (N-methyl/N-ethyl adjacent to an activating group) is 1. The van der Waals surface area contributed by atoms with Crippen molar-refractivity contribution in [3.8, 4) is 0 Å². The molecule has 2 saturated heterocycles. The maximum atomic E-state index is 12.1. The van der Waals surface area contributed by atoms with Crippen molar-refractivity contribution in [2.45, 2.75) is 44.8 Å². The number of amides is 1. The molecule has 3 rings (SSSR count). The fourth-order valence-electron chi connectivity index (χ4n) is 2.90. The number of aromatic nitrogens is 2. The Balaban J connectivity index is 1.56. The van der Waals surface area contributed by atoms with Crippen molar-refractivity contribution in [3.05, 3.63) is 18.1 Å². The third kappa shape index (κ3) is 3.77. The second kappa shape index (κ2) is 6.55. The van der Waals surface area contributed by atoms with Gasteiger partial charge in [0.05, 0.1) is 18.3 Å². The van der Waals surface area contributed by atoms with Gasteiger partial charge >= 0.3 is 6.09 Å². The molecule has 7 heteroatoms. The number of ether oxygens (including phenoxy) is 2. The average molecular weight is 334 g/mol. The lowest BCUT2D eigenvalue weighted by molar-refractivity contribution is 0.0196. The highest BCUT2D eigenvalue weighted by Gasteiger charge is 2.35. The number of carbonyl (C=O) groups is 1. The summed E-state index contributed by atoms with van der Waals surface area (Å²) >= 11 is 0. The van der Waals surface area contributed by atoms with Crippen molar-refractivity contribution in [1.82, 2.24) is 14.9 Å². The van der Waals surface area contributed by atoms with Crippen LogP contribution < -0.4 is 4.90 Å². The first-order chi connectivity index (χ1) is 11.3. The summed E-state index contributed by atoms with van der Waals surface area (Å²) in [5, 5.41) is 0. The quantitative estimate of drug-likeness (QED) is 0.843. The van der Waals surface area contributed by atoms with Crippen LogP contribution in [0.2, 0.25) is 0 Å². The Morgan fingerprint density at radius 2 is 2.12 bits per heavy atom. The smallest absolute Gasteiger partial charge is 0.410 e. The molecule has 132 valence electrons. The van der Waals surface area contributed by atoms with Crippen LogP contribution in [0.25, 0.3) is 0 Å². The van der Waals surface area contributed by atoms with Gasteiger partial charge in [-0.25, -0.2) is 14.8 Å². The van der Waals surface area contributed by atoms with Crippen molar-refractivity contribution in [1.29, 1.82) is 0 Å². The Hall–Kier alpha value is -1.89. The molecule has 2 fully saturated rings. The van der Waals surface area contributed by atoms with E-state index in [1.807, 2.05) is 26.8 Å². The maximum absolute atomic E-state index is 12.1. The van der Waals surface area contributed by atoms with Gasteiger partial charge in [-0.05, 0) is 27.2 Å². The van der Waals surface area contributed by atoms with Crippen molar-refractivity contribution < 1.29 is 14.3 Å². The van der Waals surface area contributed by atoms with Gasteiger partial charge in [0.15, 0.2) is 0 Å². The van der Waals surface area contributed by atoms with Gasteiger partial charge in [-0.15, -0.1) is 0 Å². The number of anilines is 1. The Bertz CT molecular complexity index is 590. The normalized spacial score (nSPS) is 21.5. The number of hydrogen-bond donors (Lipinski definition) is 0. The van der Waals surface area contributed by atoms with Gasteiger partial charge in [0, 0.05) is 38.7 Å². The van der Waals surface area contributed by atoms with Crippen molar-refractivity contribution >= 4 is 11.9 Å². The van der Waals surface area contributed by atoms with E-state index >= 15 is 0 Å². The summed E-state index contributed by atoms with van der Waals surface area (Å²) < 4.78 is 10.8. The maximum Gasteiger partial charge on any atom is 0.410 e. The molecule has 0 aliphatic carbocycles. The highest BCUT2D eigenvalue weighted by Crippen LogP contribution is 2.28. The molecule has 0 spiro atoms. The van der Waals surface area contributed by atoms with E-state index in [0.29, 0.717) is 5.92 Å². The van der Waals surface area contributed by atoms with Crippen LogP contribution in [-0.4, -0.2) is 66.0 Å². The second-order valence-electron chi connectivity index (χ2n) is 7.51. The first-order valence-corrected chi connectivity index (χ1v) is 8.44. The van der Waals surface area contributed by atoms with Gasteiger partial charge in [-0.2, -0.15) is 0 Å². The topological polar surface area (TPSA) is 67.8 Å². The number of carbonyl (C=O) groups excluding carboxylic acids is 1. The van der Waals surface area contributed by atoms with Crippen LogP contribution in [0.3, 0.4) is 0 Å². The molecule has 24 heavy (non-hydrogen) atoms. The summed E-state index contributed by atoms with van der Waals surface area (Å²) in [6.45, 7) is 8.68. The summed E-state index contributed by atoms with van der Waals surface area (Å²) in [7, 11) is 1.79. The molecule has 2 aliphatic heterocycles. The molecule has 1 unspecified atom stereocenters. The van der Waals surface area contributed by atoms with Gasteiger partial charge < -0.3 is 19.3 Å². The third-order valence-corrected chi connectivity index (χ3v) is 4.44. The molecule has 0 saturated carbocycles. The first-order valence-electron chi connectivity index (χ1n) is 8.44. The fraction of sp³-hybridized carbons (Fsp3) is 0.706. The minimum atomic E-state index is -0.473. The van der Waals surface area contributed by atoms with Crippen molar-refractivity contribution in [3.63, 3.8) is 0 Å². The zero-order valence-electron chi connectivity index (χ0n) is 14.9. The predicted molar refractivity (Wildman–Crippen MR) is 90.2 cm³/mol. The van der Waals surface area contributed by atoms with Gasteiger partial charge in [0.2, 0.25) is 0 Å². The van der Waals surface area contributed by atoms with E-state index in [2.05, 4.69) is 14.9 Å². The Morgan fingerprint density at radius 1 is 1.38 bits per heavy atom. The Morgan fingerprint density at radius 3 is 2.75 bits per heavy atom. The molecule has 1 aromatic heterocycles. The largest absolute Gasteiger partial charge is 0.444 e. The van der Waals surface area contributed by atoms with Gasteiger partial charge in [-0.1, -0.05) is 0 Å². The third-order valence-electron chi connectivity index (χ3n) is 4.44. The molecule has 1 atom stereocenters. The fourth-order valence-corrected chi connectivity index (χ4v) is 2.90. The van der Waals surface area contributed by atoms with E-state index < -0.39 is 5.60 Å². The van der Waals surface area contributed by atoms with Crippen LogP contribution in [0.15, 0.2) is 12.4 Å². The van der Waals surface area contributed by atoms with Crippen LogP contribution in [0.5, 0.6) is 0 Å². The molecule has 2 aliphatic rings. The molecule has 1 aromatic rings. The SMILES string of the molecule is CN(C(=O)OC(C)(C)C)C1CN(c2cc(C3CCOC3)ncn2)C1. The number of nitrogens with zero attached hydrogens (tertiary/aromatic N) is 4. The number of hydrogen-bond acceptors (Lipinski definition) is 6.